The van der Waals surface area contributed by atoms with Gasteiger partial charge in [0, 0.05) is 12.1 Å². The molecule has 0 radical (unpaired) electrons. The Hall–Kier alpha value is -1.13. The van der Waals surface area contributed by atoms with Crippen LogP contribution in [-0.4, -0.2) is 14.2 Å². The highest BCUT2D eigenvalue weighted by atomic mass is 19.1. The summed E-state index contributed by atoms with van der Waals surface area (Å²) in [5.74, 6) is 0.449. The molecule has 0 bridgehead atoms. The molecule has 3 nitrogen and oxygen atoms in total. The molecule has 1 aromatic rings. The van der Waals surface area contributed by atoms with Crippen LogP contribution in [0, 0.1) is 5.82 Å². The van der Waals surface area contributed by atoms with Crippen LogP contribution < -0.4 is 10.2 Å². The van der Waals surface area contributed by atoms with Crippen molar-refractivity contribution in [3.05, 3.63) is 29.1 Å². The Kier molecular flexibility index (Phi) is 4.71. The molecular weight excluding hydrogens is 209 g/mol. The summed E-state index contributed by atoms with van der Waals surface area (Å²) >= 11 is 0. The molecular formula is C12H18FNO2. The molecule has 0 unspecified atom stereocenters. The topological polar surface area (TPSA) is 30.5 Å². The number of hydrogen-bond acceptors (Lipinski definition) is 3. The minimum absolute atomic E-state index is 0.0967. The lowest BCUT2D eigenvalue weighted by Gasteiger charge is -2.14. The van der Waals surface area contributed by atoms with Crippen LogP contribution in [0.2, 0.25) is 0 Å². The van der Waals surface area contributed by atoms with Crippen molar-refractivity contribution in [2.75, 3.05) is 14.2 Å². The maximum atomic E-state index is 13.8. The highest BCUT2D eigenvalue weighted by molar-refractivity contribution is 5.40. The lowest BCUT2D eigenvalue weighted by Crippen LogP contribution is -2.11. The molecule has 0 atom stereocenters. The zero-order chi connectivity index (χ0) is 12.1. The van der Waals surface area contributed by atoms with E-state index in [1.807, 2.05) is 19.9 Å². The van der Waals surface area contributed by atoms with Gasteiger partial charge in [0.1, 0.15) is 11.6 Å². The Morgan fingerprint density at radius 1 is 1.31 bits per heavy atom. The second-order valence-corrected chi connectivity index (χ2v) is 3.87. The van der Waals surface area contributed by atoms with E-state index in [1.165, 1.54) is 13.2 Å². The van der Waals surface area contributed by atoms with Gasteiger partial charge in [-0.2, -0.15) is 5.48 Å². The Morgan fingerprint density at radius 3 is 2.50 bits per heavy atom. The van der Waals surface area contributed by atoms with Gasteiger partial charge >= 0.3 is 0 Å². The van der Waals surface area contributed by atoms with Gasteiger partial charge < -0.3 is 9.57 Å². The number of rotatable bonds is 5. The van der Waals surface area contributed by atoms with Crippen LogP contribution in [0.5, 0.6) is 5.75 Å². The van der Waals surface area contributed by atoms with E-state index < -0.39 is 0 Å². The van der Waals surface area contributed by atoms with Crippen molar-refractivity contribution in [3.8, 4) is 5.75 Å². The smallest absolute Gasteiger partial charge is 0.130 e. The first-order valence-corrected chi connectivity index (χ1v) is 5.22. The SMILES string of the molecule is CONCc1cc(F)c(C(C)C)c(OC)c1. The van der Waals surface area contributed by atoms with E-state index in [9.17, 15) is 4.39 Å². The van der Waals surface area contributed by atoms with Crippen LogP contribution in [0.4, 0.5) is 4.39 Å². The van der Waals surface area contributed by atoms with Crippen LogP contribution in [0.3, 0.4) is 0 Å². The molecule has 90 valence electrons. The van der Waals surface area contributed by atoms with E-state index >= 15 is 0 Å². The van der Waals surface area contributed by atoms with Crippen molar-refractivity contribution in [1.82, 2.24) is 5.48 Å². The molecule has 1 N–H and O–H groups in total. The van der Waals surface area contributed by atoms with Crippen molar-refractivity contribution in [2.24, 2.45) is 0 Å². The lowest BCUT2D eigenvalue weighted by molar-refractivity contribution is 0.0866. The third-order valence-electron chi connectivity index (χ3n) is 2.37. The molecule has 4 heteroatoms. The summed E-state index contributed by atoms with van der Waals surface area (Å²) in [6.45, 7) is 4.32. The zero-order valence-electron chi connectivity index (χ0n) is 10.1. The fourth-order valence-electron chi connectivity index (χ4n) is 1.63. The Balaban J connectivity index is 3.06. The molecule has 0 aliphatic carbocycles. The molecule has 0 saturated carbocycles. The fraction of sp³-hybridized carbons (Fsp3) is 0.500. The number of ether oxygens (including phenoxy) is 1. The summed E-state index contributed by atoms with van der Waals surface area (Å²) in [4.78, 5) is 4.72. The third kappa shape index (κ3) is 2.93. The van der Waals surface area contributed by atoms with Gasteiger partial charge in [-0.05, 0) is 23.6 Å². The van der Waals surface area contributed by atoms with Crippen LogP contribution in [0.25, 0.3) is 0 Å². The summed E-state index contributed by atoms with van der Waals surface area (Å²) in [7, 11) is 3.07. The van der Waals surface area contributed by atoms with E-state index in [0.29, 0.717) is 17.9 Å². The summed E-state index contributed by atoms with van der Waals surface area (Å²) in [5.41, 5.74) is 4.08. The van der Waals surface area contributed by atoms with Crippen molar-refractivity contribution >= 4 is 0 Å². The van der Waals surface area contributed by atoms with E-state index in [0.717, 1.165) is 5.56 Å². The quantitative estimate of drug-likeness (QED) is 0.784. The predicted molar refractivity (Wildman–Crippen MR) is 60.9 cm³/mol. The number of hydrogen-bond donors (Lipinski definition) is 1. The van der Waals surface area contributed by atoms with Crippen LogP contribution >= 0.6 is 0 Å². The van der Waals surface area contributed by atoms with Gasteiger partial charge in [0.05, 0.1) is 14.2 Å². The maximum absolute atomic E-state index is 13.8. The standard InChI is InChI=1S/C12H18FNO2/c1-8(2)12-10(13)5-9(7-14-16-4)6-11(12)15-3/h5-6,8,14H,7H2,1-4H3. The number of methoxy groups -OCH3 is 1. The van der Waals surface area contributed by atoms with Crippen molar-refractivity contribution in [3.63, 3.8) is 0 Å². The summed E-state index contributed by atoms with van der Waals surface area (Å²) in [6.07, 6.45) is 0. The first-order valence-electron chi connectivity index (χ1n) is 5.22. The molecule has 1 aromatic carbocycles. The van der Waals surface area contributed by atoms with Gasteiger partial charge in [-0.3, -0.25) is 0 Å². The minimum atomic E-state index is -0.234. The van der Waals surface area contributed by atoms with Gasteiger partial charge in [-0.1, -0.05) is 13.8 Å². The molecule has 0 aromatic heterocycles. The Bertz CT molecular complexity index is 353. The minimum Gasteiger partial charge on any atom is -0.496 e. The number of nitrogens with one attached hydrogen (secondary N) is 1. The van der Waals surface area contributed by atoms with Gasteiger partial charge in [0.25, 0.3) is 0 Å². The normalized spacial score (nSPS) is 10.9. The fourth-order valence-corrected chi connectivity index (χ4v) is 1.63. The van der Waals surface area contributed by atoms with E-state index in [4.69, 9.17) is 9.57 Å². The number of hydroxylamine groups is 1. The summed E-state index contributed by atoms with van der Waals surface area (Å²) in [6, 6.07) is 3.33. The van der Waals surface area contributed by atoms with Crippen molar-refractivity contribution in [2.45, 2.75) is 26.3 Å². The second kappa shape index (κ2) is 5.82. The highest BCUT2D eigenvalue weighted by Gasteiger charge is 2.14. The second-order valence-electron chi connectivity index (χ2n) is 3.87. The molecule has 0 spiro atoms. The van der Waals surface area contributed by atoms with Crippen molar-refractivity contribution in [1.29, 1.82) is 0 Å². The number of benzene rings is 1. The van der Waals surface area contributed by atoms with E-state index in [2.05, 4.69) is 5.48 Å². The largest absolute Gasteiger partial charge is 0.496 e. The predicted octanol–water partition coefficient (Wildman–Crippen LogP) is 2.61. The summed E-state index contributed by atoms with van der Waals surface area (Å²) < 4.78 is 19.0. The van der Waals surface area contributed by atoms with E-state index in [-0.39, 0.29) is 11.7 Å². The average Bonchev–Trinajstić information content (AvgIpc) is 2.24. The van der Waals surface area contributed by atoms with Crippen LogP contribution in [0.15, 0.2) is 12.1 Å². The molecule has 0 saturated heterocycles. The molecule has 0 amide bonds. The molecule has 16 heavy (non-hydrogen) atoms. The first kappa shape index (κ1) is 12.9. The Morgan fingerprint density at radius 2 is 2.00 bits per heavy atom. The van der Waals surface area contributed by atoms with Gasteiger partial charge in [0.15, 0.2) is 0 Å². The lowest BCUT2D eigenvalue weighted by atomic mass is 9.99. The first-order chi connectivity index (χ1) is 7.60. The molecule has 0 aliphatic rings. The molecule has 0 aliphatic heterocycles. The molecule has 0 heterocycles. The monoisotopic (exact) mass is 227 g/mol. The third-order valence-corrected chi connectivity index (χ3v) is 2.37. The van der Waals surface area contributed by atoms with Gasteiger partial charge in [-0.25, -0.2) is 4.39 Å². The average molecular weight is 227 g/mol. The Labute approximate surface area is 95.5 Å². The molecule has 1 rings (SSSR count). The summed E-state index contributed by atoms with van der Waals surface area (Å²) in [5, 5.41) is 0. The van der Waals surface area contributed by atoms with Crippen molar-refractivity contribution < 1.29 is 14.0 Å². The van der Waals surface area contributed by atoms with E-state index in [1.54, 1.807) is 7.11 Å². The highest BCUT2D eigenvalue weighted by Crippen LogP contribution is 2.30. The molecule has 0 fully saturated rings. The maximum Gasteiger partial charge on any atom is 0.130 e. The zero-order valence-corrected chi connectivity index (χ0v) is 10.1. The number of halogens is 1. The van der Waals surface area contributed by atoms with Gasteiger partial charge in [0.2, 0.25) is 0 Å². The van der Waals surface area contributed by atoms with Gasteiger partial charge in [-0.15, -0.1) is 0 Å². The van der Waals surface area contributed by atoms with Crippen LogP contribution in [-0.2, 0) is 11.4 Å². The van der Waals surface area contributed by atoms with Crippen LogP contribution in [0.1, 0.15) is 30.9 Å².